The van der Waals surface area contributed by atoms with E-state index < -0.39 is 12.1 Å². The fourth-order valence-electron chi connectivity index (χ4n) is 3.03. The van der Waals surface area contributed by atoms with E-state index >= 15 is 0 Å². The molecule has 7 heteroatoms. The Morgan fingerprint density at radius 3 is 2.41 bits per heavy atom. The number of nitrogens with zero attached hydrogens (tertiary/aromatic N) is 1. The number of esters is 1. The summed E-state index contributed by atoms with van der Waals surface area (Å²) in [5.41, 5.74) is 2.55. The van der Waals surface area contributed by atoms with Crippen LogP contribution >= 0.6 is 0 Å². The van der Waals surface area contributed by atoms with Crippen molar-refractivity contribution in [2.24, 2.45) is 0 Å². The van der Waals surface area contributed by atoms with Gasteiger partial charge in [0.15, 0.2) is 6.10 Å². The number of hydrogen-bond donors (Lipinski definition) is 1. The number of morpholine rings is 1. The molecule has 1 fully saturated rings. The van der Waals surface area contributed by atoms with Crippen LogP contribution in [0.25, 0.3) is 0 Å². The molecule has 1 atom stereocenters. The number of carbonyl (C=O) groups excluding carboxylic acids is 2. The van der Waals surface area contributed by atoms with Crippen molar-refractivity contribution in [3.8, 4) is 0 Å². The molecule has 1 N–H and O–H groups in total. The van der Waals surface area contributed by atoms with E-state index in [1.807, 2.05) is 24.3 Å². The zero-order valence-electron chi connectivity index (χ0n) is 16.4. The highest BCUT2D eigenvalue weighted by molar-refractivity contribution is 5.95. The molecule has 1 aliphatic rings. The van der Waals surface area contributed by atoms with E-state index in [0.29, 0.717) is 25.3 Å². The van der Waals surface area contributed by atoms with E-state index in [1.165, 1.54) is 19.1 Å². The van der Waals surface area contributed by atoms with Crippen LogP contribution in [0.1, 0.15) is 18.9 Å². The van der Waals surface area contributed by atoms with Gasteiger partial charge >= 0.3 is 5.97 Å². The molecule has 1 heterocycles. The minimum absolute atomic E-state index is 0.123. The van der Waals surface area contributed by atoms with Gasteiger partial charge in [-0.15, -0.1) is 0 Å². The van der Waals surface area contributed by atoms with Gasteiger partial charge in [-0.25, -0.2) is 4.39 Å². The van der Waals surface area contributed by atoms with E-state index in [0.717, 1.165) is 24.3 Å². The first-order chi connectivity index (χ1) is 14.0. The maximum absolute atomic E-state index is 12.9. The van der Waals surface area contributed by atoms with Crippen LogP contribution in [-0.4, -0.2) is 44.3 Å². The molecule has 0 saturated carbocycles. The highest BCUT2D eigenvalue weighted by atomic mass is 19.1. The van der Waals surface area contributed by atoms with Crippen LogP contribution in [0.4, 0.5) is 15.8 Å². The van der Waals surface area contributed by atoms with Crippen LogP contribution in [0, 0.1) is 5.82 Å². The molecule has 1 aliphatic heterocycles. The minimum Gasteiger partial charge on any atom is -0.453 e. The van der Waals surface area contributed by atoms with Crippen LogP contribution in [-0.2, 0) is 25.5 Å². The second kappa shape index (κ2) is 10.0. The Bertz CT molecular complexity index is 818. The molecule has 2 aromatic rings. The number of ether oxygens (including phenoxy) is 2. The monoisotopic (exact) mass is 400 g/mol. The second-order valence-corrected chi connectivity index (χ2v) is 6.89. The predicted octanol–water partition coefficient (Wildman–Crippen LogP) is 3.17. The van der Waals surface area contributed by atoms with Crippen LogP contribution < -0.4 is 10.2 Å². The summed E-state index contributed by atoms with van der Waals surface area (Å²) in [5.74, 6) is -1.18. The summed E-state index contributed by atoms with van der Waals surface area (Å²) in [5, 5.41) is 2.76. The van der Waals surface area contributed by atoms with E-state index in [9.17, 15) is 14.0 Å². The molecule has 2 aromatic carbocycles. The summed E-state index contributed by atoms with van der Waals surface area (Å²) in [4.78, 5) is 26.5. The Morgan fingerprint density at radius 1 is 1.10 bits per heavy atom. The van der Waals surface area contributed by atoms with Gasteiger partial charge in [0.25, 0.3) is 5.91 Å². The molecule has 0 bridgehead atoms. The van der Waals surface area contributed by atoms with Gasteiger partial charge in [-0.05, 0) is 55.3 Å². The Kier molecular flexibility index (Phi) is 7.19. The topological polar surface area (TPSA) is 67.9 Å². The Hall–Kier alpha value is -2.93. The van der Waals surface area contributed by atoms with Gasteiger partial charge in [0.1, 0.15) is 5.82 Å². The number of amides is 1. The number of benzene rings is 2. The van der Waals surface area contributed by atoms with Crippen molar-refractivity contribution in [3.63, 3.8) is 0 Å². The molecule has 0 spiro atoms. The van der Waals surface area contributed by atoms with Crippen molar-refractivity contribution in [2.75, 3.05) is 36.5 Å². The summed E-state index contributed by atoms with van der Waals surface area (Å²) >= 11 is 0. The lowest BCUT2D eigenvalue weighted by atomic mass is 10.1. The predicted molar refractivity (Wildman–Crippen MR) is 108 cm³/mol. The molecule has 154 valence electrons. The molecule has 1 saturated heterocycles. The van der Waals surface area contributed by atoms with Crippen molar-refractivity contribution in [1.82, 2.24) is 0 Å². The van der Waals surface area contributed by atoms with Gasteiger partial charge in [0, 0.05) is 30.9 Å². The van der Waals surface area contributed by atoms with E-state index in [-0.39, 0.29) is 18.1 Å². The van der Waals surface area contributed by atoms with Crippen LogP contribution in [0.5, 0.6) is 0 Å². The number of halogens is 1. The van der Waals surface area contributed by atoms with Gasteiger partial charge in [0.2, 0.25) is 0 Å². The average molecular weight is 400 g/mol. The third kappa shape index (κ3) is 6.29. The van der Waals surface area contributed by atoms with Crippen molar-refractivity contribution in [1.29, 1.82) is 0 Å². The first-order valence-corrected chi connectivity index (χ1v) is 9.69. The molecule has 0 radical (unpaired) electrons. The Morgan fingerprint density at radius 2 is 1.76 bits per heavy atom. The summed E-state index contributed by atoms with van der Waals surface area (Å²) < 4.78 is 23.4. The quantitative estimate of drug-likeness (QED) is 0.723. The number of carbonyl (C=O) groups is 2. The number of rotatable bonds is 7. The Labute approximate surface area is 169 Å². The molecular formula is C22H25FN2O4. The van der Waals surface area contributed by atoms with Gasteiger partial charge in [0.05, 0.1) is 13.2 Å². The summed E-state index contributed by atoms with van der Waals surface area (Å²) in [7, 11) is 0. The standard InChI is InChI=1S/C22H25FN2O4/c1-16(29-21(26)11-4-17-2-5-18(23)6-3-17)22(27)24-19-7-9-20(10-8-19)25-12-14-28-15-13-25/h2-3,5-10,16H,4,11-15H2,1H3,(H,24,27)/t16-/m0/s1. The zero-order valence-corrected chi connectivity index (χ0v) is 16.4. The lowest BCUT2D eigenvalue weighted by Gasteiger charge is -2.28. The van der Waals surface area contributed by atoms with Gasteiger partial charge in [-0.2, -0.15) is 0 Å². The van der Waals surface area contributed by atoms with E-state index in [1.54, 1.807) is 12.1 Å². The fraction of sp³-hybridized carbons (Fsp3) is 0.364. The third-order valence-electron chi connectivity index (χ3n) is 4.72. The van der Waals surface area contributed by atoms with E-state index in [4.69, 9.17) is 9.47 Å². The maximum Gasteiger partial charge on any atom is 0.306 e. The van der Waals surface area contributed by atoms with Crippen molar-refractivity contribution in [3.05, 3.63) is 59.9 Å². The first-order valence-electron chi connectivity index (χ1n) is 9.69. The molecule has 29 heavy (non-hydrogen) atoms. The molecule has 0 unspecified atom stereocenters. The lowest BCUT2D eigenvalue weighted by Crippen LogP contribution is -2.36. The number of aryl methyl sites for hydroxylation is 1. The smallest absolute Gasteiger partial charge is 0.306 e. The highest BCUT2D eigenvalue weighted by Crippen LogP contribution is 2.19. The van der Waals surface area contributed by atoms with Crippen molar-refractivity contribution >= 4 is 23.3 Å². The number of hydrogen-bond acceptors (Lipinski definition) is 5. The van der Waals surface area contributed by atoms with Crippen molar-refractivity contribution in [2.45, 2.75) is 25.9 Å². The highest BCUT2D eigenvalue weighted by Gasteiger charge is 2.18. The average Bonchev–Trinajstić information content (AvgIpc) is 2.74. The summed E-state index contributed by atoms with van der Waals surface area (Å²) in [6.45, 7) is 4.64. The zero-order chi connectivity index (χ0) is 20.6. The maximum atomic E-state index is 12.9. The molecule has 6 nitrogen and oxygen atoms in total. The normalized spacial score (nSPS) is 14.9. The molecular weight excluding hydrogens is 375 g/mol. The SMILES string of the molecule is C[C@H](OC(=O)CCc1ccc(F)cc1)C(=O)Nc1ccc(N2CCOCC2)cc1. The molecule has 0 aliphatic carbocycles. The molecule has 0 aromatic heterocycles. The summed E-state index contributed by atoms with van der Waals surface area (Å²) in [6, 6.07) is 13.5. The van der Waals surface area contributed by atoms with Crippen LogP contribution in [0.15, 0.2) is 48.5 Å². The van der Waals surface area contributed by atoms with E-state index in [2.05, 4.69) is 10.2 Å². The fourth-order valence-corrected chi connectivity index (χ4v) is 3.03. The van der Waals surface area contributed by atoms with Crippen LogP contribution in [0.2, 0.25) is 0 Å². The molecule has 3 rings (SSSR count). The summed E-state index contributed by atoms with van der Waals surface area (Å²) in [6.07, 6.45) is -0.358. The lowest BCUT2D eigenvalue weighted by molar-refractivity contribution is -0.153. The van der Waals surface area contributed by atoms with Gasteiger partial charge in [-0.3, -0.25) is 9.59 Å². The third-order valence-corrected chi connectivity index (χ3v) is 4.72. The van der Waals surface area contributed by atoms with Gasteiger partial charge in [-0.1, -0.05) is 12.1 Å². The second-order valence-electron chi connectivity index (χ2n) is 6.89. The largest absolute Gasteiger partial charge is 0.453 e. The van der Waals surface area contributed by atoms with Crippen LogP contribution in [0.3, 0.4) is 0 Å². The van der Waals surface area contributed by atoms with Crippen molar-refractivity contribution < 1.29 is 23.5 Å². The minimum atomic E-state index is -0.908. The number of nitrogens with one attached hydrogen (secondary N) is 1. The van der Waals surface area contributed by atoms with Gasteiger partial charge < -0.3 is 19.7 Å². The molecule has 1 amide bonds. The first kappa shape index (κ1) is 20.8. The Balaban J connectivity index is 1.44. The number of anilines is 2.